The third-order valence-corrected chi connectivity index (χ3v) is 3.88. The molecule has 0 spiro atoms. The Hall–Kier alpha value is -1.53. The molecule has 0 saturated carbocycles. The van der Waals surface area contributed by atoms with Crippen LogP contribution < -0.4 is 11.0 Å². The quantitative estimate of drug-likeness (QED) is 0.858. The highest BCUT2D eigenvalue weighted by atomic mass is 32.2. The molecule has 108 valence electrons. The van der Waals surface area contributed by atoms with Crippen molar-refractivity contribution in [2.24, 2.45) is 0 Å². The molecular formula is C14H20N4OS. The van der Waals surface area contributed by atoms with Gasteiger partial charge in [-0.05, 0) is 49.9 Å². The van der Waals surface area contributed by atoms with Crippen LogP contribution in [0.25, 0.3) is 0 Å². The van der Waals surface area contributed by atoms with Gasteiger partial charge in [0.25, 0.3) is 0 Å². The first kappa shape index (κ1) is 14.9. The number of rotatable bonds is 6. The maximum atomic E-state index is 11.7. The Morgan fingerprint density at radius 2 is 2.05 bits per heavy atom. The molecule has 2 rings (SSSR count). The summed E-state index contributed by atoms with van der Waals surface area (Å²) in [5.41, 5.74) is 1.09. The largest absolute Gasteiger partial charge is 0.344 e. The van der Waals surface area contributed by atoms with Crippen molar-refractivity contribution in [1.29, 1.82) is 0 Å². The van der Waals surface area contributed by atoms with Gasteiger partial charge in [-0.25, -0.2) is 9.89 Å². The van der Waals surface area contributed by atoms with Gasteiger partial charge in [0.1, 0.15) is 0 Å². The van der Waals surface area contributed by atoms with Gasteiger partial charge in [-0.3, -0.25) is 4.57 Å². The van der Waals surface area contributed by atoms with Gasteiger partial charge in [-0.15, -0.1) is 5.10 Å². The normalized spacial score (nSPS) is 11.2. The van der Waals surface area contributed by atoms with E-state index in [4.69, 9.17) is 0 Å². The molecule has 0 bridgehead atoms. The summed E-state index contributed by atoms with van der Waals surface area (Å²) in [6, 6.07) is 8.39. The number of benzene rings is 1. The molecule has 6 heteroatoms. The molecule has 5 nitrogen and oxygen atoms in total. The number of hydrogen-bond acceptors (Lipinski definition) is 4. The van der Waals surface area contributed by atoms with Crippen molar-refractivity contribution in [3.63, 3.8) is 0 Å². The van der Waals surface area contributed by atoms with Crippen LogP contribution in [-0.2, 0) is 6.54 Å². The Kier molecular flexibility index (Phi) is 5.03. The van der Waals surface area contributed by atoms with E-state index in [0.717, 1.165) is 18.0 Å². The van der Waals surface area contributed by atoms with Crippen LogP contribution in [0.15, 0.2) is 39.1 Å². The average Bonchev–Trinajstić information content (AvgIpc) is 2.79. The summed E-state index contributed by atoms with van der Waals surface area (Å²) in [6.45, 7) is 7.87. The van der Waals surface area contributed by atoms with E-state index in [0.29, 0.717) is 5.16 Å². The van der Waals surface area contributed by atoms with Crippen molar-refractivity contribution >= 4 is 11.8 Å². The first-order chi connectivity index (χ1) is 9.61. The van der Waals surface area contributed by atoms with E-state index in [2.05, 4.69) is 46.7 Å². The second-order valence-electron chi connectivity index (χ2n) is 4.80. The molecule has 0 fully saturated rings. The van der Waals surface area contributed by atoms with E-state index in [-0.39, 0.29) is 11.7 Å². The fraction of sp³-hybridized carbons (Fsp3) is 0.429. The lowest BCUT2D eigenvalue weighted by Gasteiger charge is -2.08. The molecule has 0 unspecified atom stereocenters. The first-order valence-electron chi connectivity index (χ1n) is 6.76. The molecule has 2 aromatic rings. The van der Waals surface area contributed by atoms with Crippen LogP contribution in [-0.4, -0.2) is 21.3 Å². The zero-order valence-corrected chi connectivity index (χ0v) is 12.8. The summed E-state index contributed by atoms with van der Waals surface area (Å²) >= 11 is 1.50. The number of nitrogens with one attached hydrogen (secondary N) is 2. The van der Waals surface area contributed by atoms with Crippen molar-refractivity contribution in [2.75, 3.05) is 6.54 Å². The molecule has 20 heavy (non-hydrogen) atoms. The summed E-state index contributed by atoms with van der Waals surface area (Å²) in [5.74, 6) is 0. The van der Waals surface area contributed by atoms with Crippen molar-refractivity contribution in [3.05, 3.63) is 40.3 Å². The Balaban J connectivity index is 2.12. The van der Waals surface area contributed by atoms with Gasteiger partial charge in [0.15, 0.2) is 5.16 Å². The minimum atomic E-state index is -0.161. The highest BCUT2D eigenvalue weighted by molar-refractivity contribution is 7.99. The molecule has 0 aliphatic carbocycles. The van der Waals surface area contributed by atoms with E-state index in [1.54, 1.807) is 4.57 Å². The molecule has 0 atom stereocenters. The topological polar surface area (TPSA) is 62.7 Å². The SMILES string of the molecule is CCNCc1ccc(Sc2n[nH]c(=O)n2C(C)C)cc1. The van der Waals surface area contributed by atoms with Crippen molar-refractivity contribution in [1.82, 2.24) is 20.1 Å². The van der Waals surface area contributed by atoms with Gasteiger partial charge in [-0.1, -0.05) is 19.1 Å². The van der Waals surface area contributed by atoms with Gasteiger partial charge in [-0.2, -0.15) is 0 Å². The lowest BCUT2D eigenvalue weighted by molar-refractivity contribution is 0.534. The molecule has 1 heterocycles. The molecule has 0 aliphatic heterocycles. The molecule has 2 N–H and O–H groups in total. The molecule has 1 aromatic heterocycles. The molecule has 0 aliphatic rings. The average molecular weight is 292 g/mol. The lowest BCUT2D eigenvalue weighted by Crippen LogP contribution is -2.19. The maximum absolute atomic E-state index is 11.7. The Labute approximate surface area is 122 Å². The van der Waals surface area contributed by atoms with Crippen molar-refractivity contribution in [3.8, 4) is 0 Å². The van der Waals surface area contributed by atoms with Crippen molar-refractivity contribution in [2.45, 2.75) is 43.4 Å². The minimum absolute atomic E-state index is 0.0942. The van der Waals surface area contributed by atoms with E-state index in [9.17, 15) is 4.79 Å². The predicted octanol–water partition coefficient (Wildman–Crippen LogP) is 2.41. The maximum Gasteiger partial charge on any atom is 0.344 e. The molecule has 0 amide bonds. The number of H-pyrrole nitrogens is 1. The molecule has 0 radical (unpaired) electrons. The second-order valence-corrected chi connectivity index (χ2v) is 5.84. The van der Waals surface area contributed by atoms with E-state index >= 15 is 0 Å². The van der Waals surface area contributed by atoms with Gasteiger partial charge in [0.05, 0.1) is 0 Å². The van der Waals surface area contributed by atoms with Crippen LogP contribution in [0.4, 0.5) is 0 Å². The van der Waals surface area contributed by atoms with Gasteiger partial charge < -0.3 is 5.32 Å². The van der Waals surface area contributed by atoms with Gasteiger partial charge in [0.2, 0.25) is 0 Å². The van der Waals surface area contributed by atoms with E-state index < -0.39 is 0 Å². The standard InChI is InChI=1S/C14H20N4OS/c1-4-15-9-11-5-7-12(8-6-11)20-14-17-16-13(19)18(14)10(2)3/h5-8,10,15H,4,9H2,1-3H3,(H,16,19). The summed E-state index contributed by atoms with van der Waals surface area (Å²) in [5, 5.41) is 10.6. The molecule has 1 aromatic carbocycles. The van der Waals surface area contributed by atoms with Crippen LogP contribution >= 0.6 is 11.8 Å². The smallest absolute Gasteiger partial charge is 0.313 e. The van der Waals surface area contributed by atoms with Crippen molar-refractivity contribution < 1.29 is 0 Å². The highest BCUT2D eigenvalue weighted by Crippen LogP contribution is 2.26. The summed E-state index contributed by atoms with van der Waals surface area (Å²) in [7, 11) is 0. The van der Waals surface area contributed by atoms with Gasteiger partial charge >= 0.3 is 5.69 Å². The van der Waals surface area contributed by atoms with E-state index in [1.165, 1.54) is 17.3 Å². The van der Waals surface area contributed by atoms with Crippen LogP contribution in [0.3, 0.4) is 0 Å². The zero-order valence-electron chi connectivity index (χ0n) is 12.0. The third kappa shape index (κ3) is 3.52. The minimum Gasteiger partial charge on any atom is -0.313 e. The van der Waals surface area contributed by atoms with Crippen LogP contribution in [0.2, 0.25) is 0 Å². The molecule has 0 saturated heterocycles. The summed E-state index contributed by atoms with van der Waals surface area (Å²) in [4.78, 5) is 12.7. The lowest BCUT2D eigenvalue weighted by atomic mass is 10.2. The van der Waals surface area contributed by atoms with E-state index in [1.807, 2.05) is 13.8 Å². The second kappa shape index (κ2) is 6.76. The monoisotopic (exact) mass is 292 g/mol. The number of nitrogens with zero attached hydrogens (tertiary/aromatic N) is 2. The Bertz CT molecular complexity index is 600. The van der Waals surface area contributed by atoms with Crippen LogP contribution in [0.5, 0.6) is 0 Å². The fourth-order valence-corrected chi connectivity index (χ4v) is 2.83. The number of aromatic nitrogens is 3. The van der Waals surface area contributed by atoms with Crippen LogP contribution in [0.1, 0.15) is 32.4 Å². The fourth-order valence-electron chi connectivity index (χ4n) is 1.87. The molecular weight excluding hydrogens is 272 g/mol. The number of hydrogen-bond donors (Lipinski definition) is 2. The predicted molar refractivity (Wildman–Crippen MR) is 81.2 cm³/mol. The number of aromatic amines is 1. The Morgan fingerprint density at radius 1 is 1.35 bits per heavy atom. The van der Waals surface area contributed by atoms with Gasteiger partial charge in [0, 0.05) is 17.5 Å². The zero-order chi connectivity index (χ0) is 14.5. The Morgan fingerprint density at radius 3 is 2.65 bits per heavy atom. The first-order valence-corrected chi connectivity index (χ1v) is 7.58. The third-order valence-electron chi connectivity index (χ3n) is 2.90. The summed E-state index contributed by atoms with van der Waals surface area (Å²) in [6.07, 6.45) is 0. The summed E-state index contributed by atoms with van der Waals surface area (Å²) < 4.78 is 1.66. The highest BCUT2D eigenvalue weighted by Gasteiger charge is 2.12. The van der Waals surface area contributed by atoms with Crippen LogP contribution in [0, 0.1) is 0 Å².